The number of carbonyl (C=O) groups is 1. The minimum atomic E-state index is -0.634. The maximum Gasteiger partial charge on any atom is 0.322 e. The van der Waals surface area contributed by atoms with Crippen molar-refractivity contribution in [2.45, 2.75) is 38.1 Å². The molecule has 0 saturated carbocycles. The first-order valence-electron chi connectivity index (χ1n) is 6.29. The summed E-state index contributed by atoms with van der Waals surface area (Å²) in [5, 5.41) is 9.85. The van der Waals surface area contributed by atoms with Crippen LogP contribution in [0.15, 0.2) is 12.1 Å². The lowest BCUT2D eigenvalue weighted by atomic mass is 9.85. The van der Waals surface area contributed by atoms with E-state index in [0.29, 0.717) is 12.2 Å². The molecule has 4 heteroatoms. The molecule has 0 heterocycles. The van der Waals surface area contributed by atoms with E-state index in [1.807, 2.05) is 6.07 Å². The Morgan fingerprint density at radius 2 is 2.06 bits per heavy atom. The second-order valence-electron chi connectivity index (χ2n) is 4.74. The molecule has 0 aromatic heterocycles. The molecule has 1 aliphatic carbocycles. The zero-order chi connectivity index (χ0) is 13.1. The van der Waals surface area contributed by atoms with E-state index in [1.54, 1.807) is 6.07 Å². The Kier molecular flexibility index (Phi) is 3.87. The number of ether oxygens (including phenoxy) is 1. The largest absolute Gasteiger partial charge is 0.508 e. The molecular formula is C14H19NO3. The van der Waals surface area contributed by atoms with E-state index in [-0.39, 0.29) is 0 Å². The minimum absolute atomic E-state index is 0.361. The number of carbonyl (C=O) groups excluding carboxylic acids is 1. The molecule has 1 aromatic carbocycles. The zero-order valence-corrected chi connectivity index (χ0v) is 10.6. The number of fused-ring (bicyclic) bond motifs is 1. The van der Waals surface area contributed by atoms with E-state index in [2.05, 4.69) is 4.74 Å². The molecule has 18 heavy (non-hydrogen) atoms. The van der Waals surface area contributed by atoms with E-state index in [4.69, 9.17) is 5.73 Å². The molecule has 0 fully saturated rings. The Morgan fingerprint density at radius 3 is 2.72 bits per heavy atom. The van der Waals surface area contributed by atoms with Crippen LogP contribution in [0.25, 0.3) is 0 Å². The second kappa shape index (κ2) is 5.40. The Labute approximate surface area is 107 Å². The molecule has 0 radical (unpaired) electrons. The number of methoxy groups -OCH3 is 1. The lowest BCUT2D eigenvalue weighted by Crippen LogP contribution is -2.34. The molecule has 2 rings (SSSR count). The summed E-state index contributed by atoms with van der Waals surface area (Å²) in [6.07, 6.45) is 4.55. The normalized spacial score (nSPS) is 15.9. The minimum Gasteiger partial charge on any atom is -0.508 e. The fraction of sp³-hybridized carbons (Fsp3) is 0.500. The predicted octanol–water partition coefficient (Wildman–Crippen LogP) is 1.31. The molecule has 3 N–H and O–H groups in total. The number of phenols is 1. The molecule has 0 spiro atoms. The average Bonchev–Trinajstić information content (AvgIpc) is 2.41. The van der Waals surface area contributed by atoms with Gasteiger partial charge in [-0.15, -0.1) is 0 Å². The van der Waals surface area contributed by atoms with Crippen molar-refractivity contribution in [1.82, 2.24) is 0 Å². The van der Waals surface area contributed by atoms with Crippen LogP contribution < -0.4 is 5.73 Å². The van der Waals surface area contributed by atoms with Crippen molar-refractivity contribution in [3.05, 3.63) is 28.8 Å². The van der Waals surface area contributed by atoms with Crippen molar-refractivity contribution >= 4 is 5.97 Å². The van der Waals surface area contributed by atoms with Crippen LogP contribution in [0.1, 0.15) is 29.5 Å². The Hall–Kier alpha value is -1.55. The third-order valence-electron chi connectivity index (χ3n) is 3.55. The van der Waals surface area contributed by atoms with Crippen molar-refractivity contribution in [3.63, 3.8) is 0 Å². The van der Waals surface area contributed by atoms with Crippen molar-refractivity contribution in [1.29, 1.82) is 0 Å². The summed E-state index contributed by atoms with van der Waals surface area (Å²) >= 11 is 0. The predicted molar refractivity (Wildman–Crippen MR) is 68.4 cm³/mol. The van der Waals surface area contributed by atoms with Gasteiger partial charge in [0.25, 0.3) is 0 Å². The quantitative estimate of drug-likeness (QED) is 0.792. The first kappa shape index (κ1) is 12.9. The van der Waals surface area contributed by atoms with Gasteiger partial charge in [-0.25, -0.2) is 0 Å². The number of phenolic OH excluding ortho intramolecular Hbond substituents is 1. The fourth-order valence-electron chi connectivity index (χ4n) is 2.59. The van der Waals surface area contributed by atoms with Gasteiger partial charge in [0.2, 0.25) is 0 Å². The van der Waals surface area contributed by atoms with E-state index >= 15 is 0 Å². The third kappa shape index (κ3) is 2.48. The molecule has 0 unspecified atom stereocenters. The van der Waals surface area contributed by atoms with Crippen LogP contribution in [0.5, 0.6) is 5.75 Å². The third-order valence-corrected chi connectivity index (χ3v) is 3.55. The summed E-state index contributed by atoms with van der Waals surface area (Å²) in [7, 11) is 1.34. The van der Waals surface area contributed by atoms with Crippen molar-refractivity contribution < 1.29 is 14.6 Å². The summed E-state index contributed by atoms with van der Waals surface area (Å²) in [6, 6.07) is 2.93. The van der Waals surface area contributed by atoms with E-state index in [1.165, 1.54) is 12.7 Å². The number of esters is 1. The molecule has 1 aromatic rings. The summed E-state index contributed by atoms with van der Waals surface area (Å²) in [5.41, 5.74) is 9.04. The van der Waals surface area contributed by atoms with Gasteiger partial charge < -0.3 is 15.6 Å². The highest BCUT2D eigenvalue weighted by Crippen LogP contribution is 2.31. The first-order chi connectivity index (χ1) is 8.63. The standard InChI is InChI=1S/C14H19NO3/c1-18-14(17)12(15)8-9-6-7-13(16)11-5-3-2-4-10(9)11/h6-7,12,16H,2-5,8,15H2,1H3/t12-/m0/s1. The lowest BCUT2D eigenvalue weighted by molar-refractivity contribution is -0.142. The first-order valence-corrected chi connectivity index (χ1v) is 6.29. The Balaban J connectivity index is 2.26. The molecule has 0 aliphatic heterocycles. The van der Waals surface area contributed by atoms with Gasteiger partial charge in [-0.1, -0.05) is 6.07 Å². The van der Waals surface area contributed by atoms with Gasteiger partial charge in [0.15, 0.2) is 0 Å². The van der Waals surface area contributed by atoms with Gasteiger partial charge >= 0.3 is 5.97 Å². The SMILES string of the molecule is COC(=O)[C@@H](N)Cc1ccc(O)c2c1CCCC2. The zero-order valence-electron chi connectivity index (χ0n) is 10.6. The highest BCUT2D eigenvalue weighted by atomic mass is 16.5. The average molecular weight is 249 g/mol. The number of hydrogen-bond donors (Lipinski definition) is 2. The number of nitrogens with two attached hydrogens (primary N) is 1. The van der Waals surface area contributed by atoms with Crippen molar-refractivity contribution in [3.8, 4) is 5.75 Å². The number of rotatable bonds is 3. The summed E-state index contributed by atoms with van der Waals surface area (Å²) in [5.74, 6) is -0.0345. The summed E-state index contributed by atoms with van der Waals surface area (Å²) < 4.78 is 4.64. The van der Waals surface area contributed by atoms with Gasteiger partial charge in [0, 0.05) is 0 Å². The van der Waals surface area contributed by atoms with Gasteiger partial charge in [0.05, 0.1) is 7.11 Å². The van der Waals surface area contributed by atoms with Crippen LogP contribution in [0.4, 0.5) is 0 Å². The number of aromatic hydroxyl groups is 1. The van der Waals surface area contributed by atoms with Crippen LogP contribution >= 0.6 is 0 Å². The maximum absolute atomic E-state index is 11.4. The maximum atomic E-state index is 11.4. The molecule has 0 saturated heterocycles. The monoisotopic (exact) mass is 249 g/mol. The molecule has 0 bridgehead atoms. The van der Waals surface area contributed by atoms with Gasteiger partial charge in [-0.05, 0) is 54.9 Å². The van der Waals surface area contributed by atoms with E-state index < -0.39 is 12.0 Å². The van der Waals surface area contributed by atoms with Crippen molar-refractivity contribution in [2.75, 3.05) is 7.11 Å². The van der Waals surface area contributed by atoms with Gasteiger partial charge in [-0.2, -0.15) is 0 Å². The van der Waals surface area contributed by atoms with Crippen LogP contribution in [0.2, 0.25) is 0 Å². The van der Waals surface area contributed by atoms with Crippen LogP contribution in [-0.2, 0) is 28.8 Å². The molecule has 98 valence electrons. The highest BCUT2D eigenvalue weighted by Gasteiger charge is 2.20. The Bertz CT molecular complexity index is 457. The lowest BCUT2D eigenvalue weighted by Gasteiger charge is -2.21. The molecule has 1 aliphatic rings. The topological polar surface area (TPSA) is 72.5 Å². The molecule has 0 amide bonds. The number of hydrogen-bond acceptors (Lipinski definition) is 4. The molecule has 4 nitrogen and oxygen atoms in total. The van der Waals surface area contributed by atoms with Crippen LogP contribution in [-0.4, -0.2) is 24.2 Å². The van der Waals surface area contributed by atoms with Crippen LogP contribution in [0, 0.1) is 0 Å². The molecular weight excluding hydrogens is 230 g/mol. The van der Waals surface area contributed by atoms with Gasteiger partial charge in [-0.3, -0.25) is 4.79 Å². The van der Waals surface area contributed by atoms with Gasteiger partial charge in [0.1, 0.15) is 11.8 Å². The van der Waals surface area contributed by atoms with Crippen LogP contribution in [0.3, 0.4) is 0 Å². The number of benzene rings is 1. The second-order valence-corrected chi connectivity index (χ2v) is 4.74. The Morgan fingerprint density at radius 1 is 1.39 bits per heavy atom. The smallest absolute Gasteiger partial charge is 0.322 e. The fourth-order valence-corrected chi connectivity index (χ4v) is 2.59. The van der Waals surface area contributed by atoms with E-state index in [9.17, 15) is 9.90 Å². The highest BCUT2D eigenvalue weighted by molar-refractivity contribution is 5.75. The van der Waals surface area contributed by atoms with E-state index in [0.717, 1.165) is 36.8 Å². The summed E-state index contributed by atoms with van der Waals surface area (Å²) in [4.78, 5) is 11.4. The summed E-state index contributed by atoms with van der Waals surface area (Å²) in [6.45, 7) is 0. The molecule has 1 atom stereocenters. The van der Waals surface area contributed by atoms with Crippen molar-refractivity contribution in [2.24, 2.45) is 5.73 Å².